The zero-order valence-electron chi connectivity index (χ0n) is 18.5. The van der Waals surface area contributed by atoms with Crippen LogP contribution in [0.1, 0.15) is 6.42 Å². The van der Waals surface area contributed by atoms with Gasteiger partial charge in [0.15, 0.2) is 0 Å². The van der Waals surface area contributed by atoms with E-state index in [9.17, 15) is 5.11 Å². The van der Waals surface area contributed by atoms with Crippen LogP contribution >= 0.6 is 11.3 Å². The van der Waals surface area contributed by atoms with E-state index in [1.807, 2.05) is 49.2 Å². The monoisotopic (exact) mass is 473 g/mol. The molecule has 0 radical (unpaired) electrons. The molecule has 2 atom stereocenters. The number of aromatic nitrogens is 5. The Hall–Kier alpha value is -3.60. The number of thiazole rings is 1. The lowest BCUT2D eigenvalue weighted by molar-refractivity contribution is 0.0167. The van der Waals surface area contributed by atoms with Gasteiger partial charge in [-0.25, -0.2) is 15.0 Å². The Morgan fingerprint density at radius 1 is 1.15 bits per heavy atom. The van der Waals surface area contributed by atoms with E-state index in [-0.39, 0.29) is 6.10 Å². The van der Waals surface area contributed by atoms with Crippen molar-refractivity contribution in [3.05, 3.63) is 54.6 Å². The van der Waals surface area contributed by atoms with Crippen LogP contribution in [0.3, 0.4) is 0 Å². The molecular formula is C24H23N7O2S. The van der Waals surface area contributed by atoms with Gasteiger partial charge in [-0.3, -0.25) is 4.68 Å². The fourth-order valence-electron chi connectivity index (χ4n) is 4.25. The summed E-state index contributed by atoms with van der Waals surface area (Å²) >= 11 is 1.59. The number of ether oxygens (including phenoxy) is 1. The second kappa shape index (κ2) is 8.64. The first kappa shape index (κ1) is 21.0. The van der Waals surface area contributed by atoms with Gasteiger partial charge in [0.1, 0.15) is 24.0 Å². The highest BCUT2D eigenvalue weighted by Gasteiger charge is 2.26. The van der Waals surface area contributed by atoms with Crippen LogP contribution < -0.4 is 15.4 Å². The number of benzene rings is 2. The molecule has 3 N–H and O–H groups in total. The topological polar surface area (TPSA) is 110 Å². The lowest BCUT2D eigenvalue weighted by atomic mass is 10.0. The number of rotatable bonds is 5. The molecule has 1 fully saturated rings. The van der Waals surface area contributed by atoms with E-state index in [1.54, 1.807) is 22.3 Å². The van der Waals surface area contributed by atoms with Gasteiger partial charge in [-0.05, 0) is 48.9 Å². The summed E-state index contributed by atoms with van der Waals surface area (Å²) in [5, 5.41) is 22.3. The van der Waals surface area contributed by atoms with E-state index >= 15 is 0 Å². The molecule has 0 amide bonds. The second-order valence-electron chi connectivity index (χ2n) is 8.37. The van der Waals surface area contributed by atoms with E-state index in [0.717, 1.165) is 44.5 Å². The lowest BCUT2D eigenvalue weighted by Gasteiger charge is -2.29. The maximum Gasteiger partial charge on any atom is 0.145 e. The van der Waals surface area contributed by atoms with Crippen molar-refractivity contribution in [3.8, 4) is 16.9 Å². The summed E-state index contributed by atoms with van der Waals surface area (Å²) in [5.41, 5.74) is 6.34. The van der Waals surface area contributed by atoms with Crippen molar-refractivity contribution in [2.24, 2.45) is 7.05 Å². The van der Waals surface area contributed by atoms with Crippen LogP contribution in [0.5, 0.6) is 5.75 Å². The second-order valence-corrected chi connectivity index (χ2v) is 9.26. The van der Waals surface area contributed by atoms with E-state index < -0.39 is 6.10 Å². The van der Waals surface area contributed by atoms with Gasteiger partial charge in [0.05, 0.1) is 38.9 Å². The van der Waals surface area contributed by atoms with Gasteiger partial charge in [-0.2, -0.15) is 5.10 Å². The summed E-state index contributed by atoms with van der Waals surface area (Å²) in [5.74, 6) is 1.26. The van der Waals surface area contributed by atoms with Crippen molar-refractivity contribution in [1.29, 1.82) is 0 Å². The zero-order valence-corrected chi connectivity index (χ0v) is 19.3. The smallest absolute Gasteiger partial charge is 0.145 e. The molecule has 34 heavy (non-hydrogen) atoms. The summed E-state index contributed by atoms with van der Waals surface area (Å²) < 4.78 is 9.27. The minimum absolute atomic E-state index is 0.373. The van der Waals surface area contributed by atoms with E-state index in [2.05, 4.69) is 36.8 Å². The lowest BCUT2D eigenvalue weighted by Crippen LogP contribution is -2.47. The van der Waals surface area contributed by atoms with Crippen molar-refractivity contribution >= 4 is 44.0 Å². The third-order valence-electron chi connectivity index (χ3n) is 6.00. The zero-order chi connectivity index (χ0) is 23.1. The predicted molar refractivity (Wildman–Crippen MR) is 133 cm³/mol. The largest absolute Gasteiger partial charge is 0.486 e. The number of nitrogens with zero attached hydrogens (tertiary/aromatic N) is 5. The summed E-state index contributed by atoms with van der Waals surface area (Å²) in [6, 6.07) is 10.0. The maximum absolute atomic E-state index is 10.5. The molecule has 1 saturated heterocycles. The molecule has 10 heteroatoms. The van der Waals surface area contributed by atoms with E-state index in [4.69, 9.17) is 4.74 Å². The van der Waals surface area contributed by atoms with Crippen molar-refractivity contribution in [2.75, 3.05) is 18.4 Å². The molecule has 0 saturated carbocycles. The molecule has 0 spiro atoms. The molecule has 5 aromatic rings. The number of nitrogens with one attached hydrogen (secondary N) is 2. The highest BCUT2D eigenvalue weighted by molar-refractivity contribution is 7.16. The minimum atomic E-state index is -0.548. The van der Waals surface area contributed by atoms with E-state index in [0.29, 0.717) is 24.5 Å². The Kier molecular flexibility index (Phi) is 5.33. The Bertz CT molecular complexity index is 1480. The van der Waals surface area contributed by atoms with Crippen LogP contribution in [0.15, 0.2) is 54.6 Å². The van der Waals surface area contributed by atoms with Gasteiger partial charge < -0.3 is 20.5 Å². The Balaban J connectivity index is 1.46. The normalized spacial score (nSPS) is 18.4. The quantitative estimate of drug-likeness (QED) is 0.356. The van der Waals surface area contributed by atoms with Crippen molar-refractivity contribution in [3.63, 3.8) is 0 Å². The number of hydrogen-bond acceptors (Lipinski definition) is 9. The summed E-state index contributed by atoms with van der Waals surface area (Å²) in [6.07, 6.45) is 5.03. The van der Waals surface area contributed by atoms with Gasteiger partial charge in [0, 0.05) is 31.0 Å². The molecular weight excluding hydrogens is 450 g/mol. The minimum Gasteiger partial charge on any atom is -0.486 e. The SMILES string of the molecule is Cn1cc(-c2cc(O[C@H]3CNCC[C@@H]3O)c3c(Nc4ccc5ncsc5c4)ncnc3c2)cn1. The average molecular weight is 474 g/mol. The van der Waals surface area contributed by atoms with Gasteiger partial charge >= 0.3 is 0 Å². The molecule has 0 aliphatic carbocycles. The summed E-state index contributed by atoms with van der Waals surface area (Å²) in [6.45, 7) is 1.34. The third-order valence-corrected chi connectivity index (χ3v) is 6.80. The number of hydrogen-bond donors (Lipinski definition) is 3. The first-order chi connectivity index (χ1) is 16.6. The molecule has 6 rings (SSSR count). The first-order valence-corrected chi connectivity index (χ1v) is 12.0. The molecule has 9 nitrogen and oxygen atoms in total. The molecule has 0 bridgehead atoms. The van der Waals surface area contributed by atoms with Crippen molar-refractivity contribution in [2.45, 2.75) is 18.6 Å². The molecule has 4 heterocycles. The fraction of sp³-hybridized carbons (Fsp3) is 0.250. The van der Waals surface area contributed by atoms with Crippen LogP contribution in [0, 0.1) is 0 Å². The summed E-state index contributed by atoms with van der Waals surface area (Å²) in [4.78, 5) is 13.4. The van der Waals surface area contributed by atoms with Gasteiger partial charge in [0.25, 0.3) is 0 Å². The van der Waals surface area contributed by atoms with Crippen LogP contribution in [0.4, 0.5) is 11.5 Å². The highest BCUT2D eigenvalue weighted by atomic mass is 32.1. The van der Waals surface area contributed by atoms with Crippen molar-refractivity contribution in [1.82, 2.24) is 30.0 Å². The van der Waals surface area contributed by atoms with Crippen LogP contribution in [0.25, 0.3) is 32.2 Å². The number of fused-ring (bicyclic) bond motifs is 2. The number of aliphatic hydroxyl groups is 1. The summed E-state index contributed by atoms with van der Waals surface area (Å²) in [7, 11) is 1.89. The van der Waals surface area contributed by atoms with Crippen LogP contribution in [0.2, 0.25) is 0 Å². The Labute approximate surface area is 199 Å². The van der Waals surface area contributed by atoms with Crippen LogP contribution in [-0.2, 0) is 7.05 Å². The number of anilines is 2. The standard InChI is InChI=1S/C24H23N7O2S/c1-31-11-15(9-29-31)14-6-18-23(20(7-14)33-21-10-25-5-4-19(21)32)24(27-12-26-18)30-16-2-3-17-22(8-16)34-13-28-17/h2-3,6-9,11-13,19,21,25,32H,4-5,10H2,1H3,(H,26,27,30)/t19-,21-/m0/s1. The van der Waals surface area contributed by atoms with Crippen LogP contribution in [-0.4, -0.2) is 55.1 Å². The highest BCUT2D eigenvalue weighted by Crippen LogP contribution is 2.37. The maximum atomic E-state index is 10.5. The fourth-order valence-corrected chi connectivity index (χ4v) is 4.96. The third kappa shape index (κ3) is 3.96. The molecule has 0 unspecified atom stereocenters. The number of aryl methyl sites for hydroxylation is 1. The first-order valence-electron chi connectivity index (χ1n) is 11.1. The Morgan fingerprint density at radius 2 is 2.09 bits per heavy atom. The number of piperidine rings is 1. The van der Waals surface area contributed by atoms with Gasteiger partial charge in [-0.1, -0.05) is 0 Å². The molecule has 1 aliphatic heterocycles. The van der Waals surface area contributed by atoms with Crippen molar-refractivity contribution < 1.29 is 9.84 Å². The molecule has 2 aromatic carbocycles. The van der Waals surface area contributed by atoms with E-state index in [1.165, 1.54) is 0 Å². The molecule has 1 aliphatic rings. The number of aliphatic hydroxyl groups excluding tert-OH is 1. The van der Waals surface area contributed by atoms with Gasteiger partial charge in [0.2, 0.25) is 0 Å². The van der Waals surface area contributed by atoms with Gasteiger partial charge in [-0.15, -0.1) is 11.3 Å². The average Bonchev–Trinajstić information content (AvgIpc) is 3.49. The molecule has 3 aromatic heterocycles. The Morgan fingerprint density at radius 3 is 2.94 bits per heavy atom. The molecule has 172 valence electrons. The predicted octanol–water partition coefficient (Wildman–Crippen LogP) is 3.49.